The Kier molecular flexibility index (Phi) is 7.16. The Morgan fingerprint density at radius 1 is 1.33 bits per heavy atom. The SMILES string of the molecule is CC=S(Nc1cccc(-c2nc(SC)n3ccnc(N)c23)c1F)c1cc(Cl)cc(CO)c1Cl. The number of rotatable bonds is 6. The second-order valence-electron chi connectivity index (χ2n) is 6.86. The molecule has 0 aliphatic carbocycles. The second kappa shape index (κ2) is 9.90. The lowest BCUT2D eigenvalue weighted by molar-refractivity contribution is 0.281. The minimum absolute atomic E-state index is 0.252. The number of halogens is 3. The van der Waals surface area contributed by atoms with Gasteiger partial charge in [-0.2, -0.15) is 0 Å². The molecule has 2 aromatic carbocycles. The van der Waals surface area contributed by atoms with Gasteiger partial charge in [0.1, 0.15) is 17.0 Å². The lowest BCUT2D eigenvalue weighted by Gasteiger charge is -2.17. The van der Waals surface area contributed by atoms with Crippen LogP contribution in [0.2, 0.25) is 10.0 Å². The molecule has 4 N–H and O–H groups in total. The Bertz CT molecular complexity index is 1390. The smallest absolute Gasteiger partial charge is 0.173 e. The number of nitrogens with zero attached hydrogens (tertiary/aromatic N) is 3. The molecule has 0 amide bonds. The largest absolute Gasteiger partial charge is 0.392 e. The first kappa shape index (κ1) is 23.8. The molecule has 2 heterocycles. The molecular formula is C22H20Cl2FN5OS2. The molecule has 0 bridgehead atoms. The van der Waals surface area contributed by atoms with Crippen LogP contribution in [0.1, 0.15) is 12.5 Å². The van der Waals surface area contributed by atoms with Crippen LogP contribution in [0.25, 0.3) is 16.8 Å². The van der Waals surface area contributed by atoms with Crippen molar-refractivity contribution in [2.75, 3.05) is 16.7 Å². The molecule has 0 aliphatic heterocycles. The zero-order valence-corrected chi connectivity index (χ0v) is 20.8. The van der Waals surface area contributed by atoms with Gasteiger partial charge in [-0.15, -0.1) is 0 Å². The zero-order valence-electron chi connectivity index (χ0n) is 17.6. The monoisotopic (exact) mass is 523 g/mol. The Labute approximate surface area is 207 Å². The molecule has 0 fully saturated rings. The van der Waals surface area contributed by atoms with E-state index in [9.17, 15) is 5.11 Å². The van der Waals surface area contributed by atoms with E-state index in [4.69, 9.17) is 28.9 Å². The Morgan fingerprint density at radius 2 is 2.12 bits per heavy atom. The van der Waals surface area contributed by atoms with Crippen LogP contribution in [0.5, 0.6) is 0 Å². The van der Waals surface area contributed by atoms with Gasteiger partial charge in [0.25, 0.3) is 0 Å². The number of aliphatic hydroxyl groups is 1. The number of nitrogens with one attached hydrogen (secondary N) is 1. The Morgan fingerprint density at radius 3 is 2.82 bits per heavy atom. The molecule has 1 atom stereocenters. The van der Waals surface area contributed by atoms with E-state index in [-0.39, 0.29) is 18.1 Å². The minimum atomic E-state index is -0.792. The molecule has 4 rings (SSSR count). The van der Waals surface area contributed by atoms with Gasteiger partial charge in [-0.05, 0) is 48.4 Å². The van der Waals surface area contributed by atoms with E-state index in [1.807, 2.05) is 18.5 Å². The number of anilines is 2. The third kappa shape index (κ3) is 4.43. The van der Waals surface area contributed by atoms with Gasteiger partial charge in [0.2, 0.25) is 0 Å². The molecule has 0 aliphatic rings. The van der Waals surface area contributed by atoms with Crippen LogP contribution >= 0.6 is 45.6 Å². The molecule has 1 unspecified atom stereocenters. The lowest BCUT2D eigenvalue weighted by atomic mass is 10.1. The number of thioether (sulfide) groups is 1. The van der Waals surface area contributed by atoms with Crippen LogP contribution in [0.4, 0.5) is 15.9 Å². The molecule has 33 heavy (non-hydrogen) atoms. The fraction of sp³-hybridized carbons (Fsp3) is 0.136. The average Bonchev–Trinajstić information content (AvgIpc) is 3.19. The van der Waals surface area contributed by atoms with E-state index in [1.165, 1.54) is 11.8 Å². The zero-order chi connectivity index (χ0) is 23.7. The van der Waals surface area contributed by atoms with Crippen molar-refractivity contribution < 1.29 is 9.50 Å². The molecule has 0 radical (unpaired) electrons. The van der Waals surface area contributed by atoms with Gasteiger partial charge in [0, 0.05) is 27.9 Å². The van der Waals surface area contributed by atoms with Gasteiger partial charge in [-0.1, -0.05) is 51.7 Å². The third-order valence-corrected chi connectivity index (χ3v) is 8.07. The summed E-state index contributed by atoms with van der Waals surface area (Å²) in [6.45, 7) is 1.59. The van der Waals surface area contributed by atoms with Gasteiger partial charge < -0.3 is 15.6 Å². The van der Waals surface area contributed by atoms with Crippen molar-refractivity contribution in [2.45, 2.75) is 23.6 Å². The van der Waals surface area contributed by atoms with E-state index in [2.05, 4.69) is 14.7 Å². The minimum Gasteiger partial charge on any atom is -0.392 e. The van der Waals surface area contributed by atoms with Gasteiger partial charge in [-0.3, -0.25) is 4.40 Å². The molecule has 4 aromatic rings. The van der Waals surface area contributed by atoms with Crippen LogP contribution in [0.3, 0.4) is 0 Å². The highest BCUT2D eigenvalue weighted by Gasteiger charge is 2.21. The van der Waals surface area contributed by atoms with Crippen LogP contribution in [-0.4, -0.2) is 31.1 Å². The predicted molar refractivity (Wildman–Crippen MR) is 138 cm³/mol. The highest BCUT2D eigenvalue weighted by Crippen LogP contribution is 2.40. The third-order valence-electron chi connectivity index (χ3n) is 4.93. The maximum atomic E-state index is 15.8. The fourth-order valence-corrected chi connectivity index (χ4v) is 6.12. The van der Waals surface area contributed by atoms with Gasteiger partial charge >= 0.3 is 0 Å². The average molecular weight is 524 g/mol. The van der Waals surface area contributed by atoms with Crippen molar-refractivity contribution in [1.82, 2.24) is 14.4 Å². The number of benzene rings is 2. The van der Waals surface area contributed by atoms with Crippen LogP contribution in [0.15, 0.2) is 52.8 Å². The second-order valence-corrected chi connectivity index (χ2v) is 10.2. The van der Waals surface area contributed by atoms with Gasteiger partial charge in [-0.25, -0.2) is 14.4 Å². The summed E-state index contributed by atoms with van der Waals surface area (Å²) >= 11 is 14.1. The molecule has 0 saturated carbocycles. The van der Waals surface area contributed by atoms with Gasteiger partial charge in [0.15, 0.2) is 11.0 Å². The summed E-state index contributed by atoms with van der Waals surface area (Å²) in [7, 11) is -0.792. The van der Waals surface area contributed by atoms with Gasteiger partial charge in [0.05, 0.1) is 17.3 Å². The number of hydrogen-bond donors (Lipinski definition) is 3. The normalized spacial score (nSPS) is 12.4. The molecule has 0 saturated heterocycles. The molecule has 172 valence electrons. The van der Waals surface area contributed by atoms with E-state index in [0.29, 0.717) is 42.4 Å². The quantitative estimate of drug-likeness (QED) is 0.208. The molecule has 0 spiro atoms. The summed E-state index contributed by atoms with van der Waals surface area (Å²) in [5.74, 6) is -0.213. The maximum absolute atomic E-state index is 15.8. The van der Waals surface area contributed by atoms with E-state index < -0.39 is 16.5 Å². The van der Waals surface area contributed by atoms with Crippen molar-refractivity contribution in [2.24, 2.45) is 0 Å². The maximum Gasteiger partial charge on any atom is 0.173 e. The van der Waals surface area contributed by atoms with Crippen molar-refractivity contribution in [3.8, 4) is 11.3 Å². The van der Waals surface area contributed by atoms with Crippen molar-refractivity contribution in [3.63, 3.8) is 0 Å². The van der Waals surface area contributed by atoms with Crippen LogP contribution < -0.4 is 10.5 Å². The Hall–Kier alpha value is -2.30. The van der Waals surface area contributed by atoms with Crippen molar-refractivity contribution in [3.05, 3.63) is 64.2 Å². The highest BCUT2D eigenvalue weighted by atomic mass is 35.5. The van der Waals surface area contributed by atoms with Crippen LogP contribution in [-0.2, 0) is 6.61 Å². The number of nitrogen functional groups attached to an aromatic ring is 1. The number of nitrogens with two attached hydrogens (primary N) is 1. The molecule has 2 aromatic heterocycles. The predicted octanol–water partition coefficient (Wildman–Crippen LogP) is 6.12. The van der Waals surface area contributed by atoms with E-state index >= 15 is 4.39 Å². The molecular weight excluding hydrogens is 504 g/mol. The van der Waals surface area contributed by atoms with E-state index in [0.717, 1.165) is 0 Å². The molecule has 6 nitrogen and oxygen atoms in total. The van der Waals surface area contributed by atoms with Crippen LogP contribution in [0, 0.1) is 5.82 Å². The summed E-state index contributed by atoms with van der Waals surface area (Å²) < 4.78 is 20.8. The highest BCUT2D eigenvalue weighted by molar-refractivity contribution is 8.16. The molecule has 11 heteroatoms. The van der Waals surface area contributed by atoms with E-state index in [1.54, 1.807) is 47.1 Å². The standard InChI is InChI=1S/C22H20Cl2FN5OS2/c1-3-33(16-10-13(23)9-12(11-31)17(16)24)29-15-6-4-5-14(18(15)25)19-20-21(26)27-7-8-30(20)22(28-19)32-2/h3-10,29,31H,11H2,1-2H3,(H2,26,27). The summed E-state index contributed by atoms with van der Waals surface area (Å²) in [4.78, 5) is 9.42. The number of imidazole rings is 1. The fourth-order valence-electron chi connectivity index (χ4n) is 3.41. The summed E-state index contributed by atoms with van der Waals surface area (Å²) in [6, 6.07) is 8.36. The first-order chi connectivity index (χ1) is 15.9. The lowest BCUT2D eigenvalue weighted by Crippen LogP contribution is -2.00. The first-order valence-corrected chi connectivity index (χ1v) is 13.0. The number of aliphatic hydroxyl groups excluding tert-OH is 1. The Balaban J connectivity index is 1.81. The van der Waals surface area contributed by atoms with Crippen molar-refractivity contribution >= 4 is 68.0 Å². The number of hydrogen-bond acceptors (Lipinski definition) is 6. The number of aromatic nitrogens is 3. The first-order valence-electron chi connectivity index (χ1n) is 9.73. The number of fused-ring (bicyclic) bond motifs is 1. The topological polar surface area (TPSA) is 88.5 Å². The summed E-state index contributed by atoms with van der Waals surface area (Å²) in [5, 5.41) is 13.0. The summed E-state index contributed by atoms with van der Waals surface area (Å²) in [5.41, 5.74) is 8.15. The van der Waals surface area contributed by atoms with Crippen molar-refractivity contribution in [1.29, 1.82) is 0 Å². The summed E-state index contributed by atoms with van der Waals surface area (Å²) in [6.07, 6.45) is 5.22.